The molecule has 4 heterocycles. The van der Waals surface area contributed by atoms with Gasteiger partial charge in [-0.2, -0.15) is 0 Å². The number of nitrogens with one attached hydrogen (secondary N) is 2. The summed E-state index contributed by atoms with van der Waals surface area (Å²) in [4.78, 5) is 19.0. The van der Waals surface area contributed by atoms with Crippen molar-refractivity contribution in [1.29, 1.82) is 0 Å². The minimum Gasteiger partial charge on any atom is -0.457 e. The van der Waals surface area contributed by atoms with Crippen LogP contribution in [0.2, 0.25) is 0 Å². The van der Waals surface area contributed by atoms with Crippen molar-refractivity contribution in [1.82, 2.24) is 24.4 Å². The molecule has 0 bridgehead atoms. The normalized spacial score (nSPS) is 18.7. The number of aliphatic imine (C=N–C) groups is 1. The second-order valence-corrected chi connectivity index (χ2v) is 9.07. The van der Waals surface area contributed by atoms with Crippen molar-refractivity contribution in [2.24, 2.45) is 12.0 Å². The Kier molecular flexibility index (Phi) is 5.29. The van der Waals surface area contributed by atoms with Crippen molar-refractivity contribution in [2.45, 2.75) is 25.6 Å². The number of benzene rings is 2. The molecular formula is C25H24F2N8O. The molecule has 4 aromatic rings. The van der Waals surface area contributed by atoms with E-state index in [9.17, 15) is 8.78 Å². The fourth-order valence-corrected chi connectivity index (χ4v) is 4.48. The maximum absolute atomic E-state index is 13.7. The Morgan fingerprint density at radius 3 is 2.83 bits per heavy atom. The predicted molar refractivity (Wildman–Crippen MR) is 133 cm³/mol. The molecule has 0 saturated carbocycles. The lowest BCUT2D eigenvalue weighted by atomic mass is 10.2. The zero-order valence-corrected chi connectivity index (χ0v) is 19.7. The third-order valence-electron chi connectivity index (χ3n) is 6.40. The maximum atomic E-state index is 13.7. The van der Waals surface area contributed by atoms with E-state index in [-0.39, 0.29) is 19.5 Å². The zero-order valence-electron chi connectivity index (χ0n) is 19.7. The average Bonchev–Trinajstić information content (AvgIpc) is 3.42. The molecule has 0 amide bonds. The van der Waals surface area contributed by atoms with Crippen LogP contribution in [-0.4, -0.2) is 55.9 Å². The van der Waals surface area contributed by atoms with E-state index in [0.717, 1.165) is 28.0 Å². The summed E-state index contributed by atoms with van der Waals surface area (Å²) in [6.45, 7) is 1.90. The number of halogens is 2. The highest BCUT2D eigenvalue weighted by molar-refractivity contribution is 5.92. The second kappa shape index (κ2) is 8.52. The summed E-state index contributed by atoms with van der Waals surface area (Å²) in [6.07, 6.45) is 4.05. The van der Waals surface area contributed by atoms with Crippen molar-refractivity contribution in [3.05, 3.63) is 60.3 Å². The number of ether oxygens (including phenoxy) is 1. The van der Waals surface area contributed by atoms with E-state index in [1.807, 2.05) is 54.9 Å². The number of rotatable bonds is 5. The number of alkyl halides is 2. The predicted octanol–water partition coefficient (Wildman–Crippen LogP) is 4.68. The largest absolute Gasteiger partial charge is 0.457 e. The van der Waals surface area contributed by atoms with Crippen molar-refractivity contribution in [3.63, 3.8) is 0 Å². The van der Waals surface area contributed by atoms with Gasteiger partial charge in [0.25, 0.3) is 5.92 Å². The van der Waals surface area contributed by atoms with Crippen molar-refractivity contribution in [2.75, 3.05) is 23.7 Å². The first kappa shape index (κ1) is 22.4. The van der Waals surface area contributed by atoms with Gasteiger partial charge >= 0.3 is 0 Å². The van der Waals surface area contributed by atoms with Crippen LogP contribution in [0.1, 0.15) is 17.7 Å². The first-order chi connectivity index (χ1) is 17.3. The molecule has 1 unspecified atom stereocenters. The van der Waals surface area contributed by atoms with Crippen molar-refractivity contribution in [3.8, 4) is 11.5 Å². The summed E-state index contributed by atoms with van der Waals surface area (Å²) in [7, 11) is 1.95. The van der Waals surface area contributed by atoms with Gasteiger partial charge in [0.2, 0.25) is 0 Å². The number of nitrogens with zero attached hydrogens (tertiary/aromatic N) is 6. The Bertz CT molecular complexity index is 1480. The molecule has 36 heavy (non-hydrogen) atoms. The summed E-state index contributed by atoms with van der Waals surface area (Å²) in [5.41, 5.74) is 4.84. The molecule has 1 atom stereocenters. The summed E-state index contributed by atoms with van der Waals surface area (Å²) in [6, 6.07) is 11.5. The highest BCUT2D eigenvalue weighted by Gasteiger charge is 2.41. The molecule has 0 radical (unpaired) electrons. The van der Waals surface area contributed by atoms with E-state index in [4.69, 9.17) is 4.74 Å². The van der Waals surface area contributed by atoms with Crippen LogP contribution < -0.4 is 15.4 Å². The number of likely N-dealkylation sites (tertiary alicyclic amines) is 1. The Morgan fingerprint density at radius 2 is 2.03 bits per heavy atom. The van der Waals surface area contributed by atoms with Crippen LogP contribution >= 0.6 is 0 Å². The van der Waals surface area contributed by atoms with Crippen LogP contribution in [-0.2, 0) is 7.05 Å². The van der Waals surface area contributed by atoms with Crippen LogP contribution in [0.5, 0.6) is 11.5 Å². The maximum Gasteiger partial charge on any atom is 0.261 e. The third-order valence-corrected chi connectivity index (χ3v) is 6.40. The molecule has 2 aromatic heterocycles. The van der Waals surface area contributed by atoms with Crippen LogP contribution in [0.4, 0.5) is 26.0 Å². The Labute approximate surface area is 205 Å². The molecule has 1 saturated heterocycles. The van der Waals surface area contributed by atoms with E-state index in [1.54, 1.807) is 17.4 Å². The molecule has 2 aliphatic heterocycles. The molecule has 6 rings (SSSR count). The lowest BCUT2D eigenvalue weighted by Gasteiger charge is -2.29. The van der Waals surface area contributed by atoms with E-state index in [2.05, 4.69) is 30.6 Å². The van der Waals surface area contributed by atoms with E-state index < -0.39 is 12.2 Å². The smallest absolute Gasteiger partial charge is 0.261 e. The quantitative estimate of drug-likeness (QED) is 0.420. The monoisotopic (exact) mass is 490 g/mol. The van der Waals surface area contributed by atoms with Gasteiger partial charge in [-0.05, 0) is 42.8 Å². The Hall–Kier alpha value is -4.12. The lowest BCUT2D eigenvalue weighted by molar-refractivity contribution is 0.00920. The van der Waals surface area contributed by atoms with Gasteiger partial charge in [-0.3, -0.25) is 9.89 Å². The van der Waals surface area contributed by atoms with Crippen molar-refractivity contribution < 1.29 is 13.5 Å². The second-order valence-electron chi connectivity index (χ2n) is 9.07. The summed E-state index contributed by atoms with van der Waals surface area (Å²) >= 11 is 0. The van der Waals surface area contributed by atoms with E-state index in [0.29, 0.717) is 22.9 Å². The van der Waals surface area contributed by atoms with Gasteiger partial charge in [0.1, 0.15) is 29.2 Å². The number of hydrogen-bond donors (Lipinski definition) is 2. The molecule has 0 aliphatic carbocycles. The van der Waals surface area contributed by atoms with Gasteiger partial charge in [0.05, 0.1) is 30.1 Å². The number of anilines is 3. The molecule has 9 nitrogen and oxygen atoms in total. The summed E-state index contributed by atoms with van der Waals surface area (Å²) in [5, 5.41) is 6.52. The van der Waals surface area contributed by atoms with Gasteiger partial charge in [0.15, 0.2) is 12.1 Å². The standard InChI is InChI=1S/C25H24F2N8O/c1-15-9-16(3-6-21(15)36-17-4-5-20-18(10-17)31-14-34(20)2)32-23-22-19(29-13-30-23)11-28-24(33-22)35-8-7-25(26,27)12-35/h3-6,9-11,13-14,24,33H,7-8,12H2,1-2H3,(H,29,30,32). The molecule has 0 spiro atoms. The molecule has 2 N–H and O–H groups in total. The van der Waals surface area contributed by atoms with Crippen LogP contribution in [0.15, 0.2) is 54.0 Å². The highest BCUT2D eigenvalue weighted by Crippen LogP contribution is 2.34. The zero-order chi connectivity index (χ0) is 24.9. The third kappa shape index (κ3) is 4.22. The first-order valence-corrected chi connectivity index (χ1v) is 11.6. The number of aromatic nitrogens is 4. The van der Waals surface area contributed by atoms with E-state index >= 15 is 0 Å². The molecular weight excluding hydrogens is 466 g/mol. The first-order valence-electron chi connectivity index (χ1n) is 11.6. The van der Waals surface area contributed by atoms with Gasteiger partial charge in [0, 0.05) is 31.8 Å². The molecule has 11 heteroatoms. The minimum absolute atomic E-state index is 0.173. The average molecular weight is 491 g/mol. The minimum atomic E-state index is -2.70. The highest BCUT2D eigenvalue weighted by atomic mass is 19.3. The Balaban J connectivity index is 1.20. The van der Waals surface area contributed by atoms with Gasteiger partial charge in [-0.15, -0.1) is 0 Å². The summed E-state index contributed by atoms with van der Waals surface area (Å²) in [5.74, 6) is -0.732. The van der Waals surface area contributed by atoms with Gasteiger partial charge in [-0.1, -0.05) is 0 Å². The Morgan fingerprint density at radius 1 is 1.14 bits per heavy atom. The fourth-order valence-electron chi connectivity index (χ4n) is 4.48. The summed E-state index contributed by atoms with van der Waals surface area (Å²) < 4.78 is 35.5. The lowest BCUT2D eigenvalue weighted by Crippen LogP contribution is -2.41. The number of fused-ring (bicyclic) bond motifs is 2. The number of imidazole rings is 1. The number of aryl methyl sites for hydroxylation is 2. The van der Waals surface area contributed by atoms with Crippen molar-refractivity contribution >= 4 is 34.4 Å². The van der Waals surface area contributed by atoms with Crippen LogP contribution in [0.3, 0.4) is 0 Å². The SMILES string of the molecule is Cc1cc(Nc2ncnc3c2NC(N2CCC(F)(F)C2)N=C3)ccc1Oc1ccc2c(c1)ncn2C. The molecule has 1 fully saturated rings. The topological polar surface area (TPSA) is 92.5 Å². The molecule has 184 valence electrons. The van der Waals surface area contributed by atoms with E-state index in [1.165, 1.54) is 6.33 Å². The molecule has 2 aromatic carbocycles. The van der Waals surface area contributed by atoms with Crippen LogP contribution in [0.25, 0.3) is 11.0 Å². The van der Waals surface area contributed by atoms with Crippen LogP contribution in [0, 0.1) is 6.92 Å². The van der Waals surface area contributed by atoms with Gasteiger partial charge in [-0.25, -0.2) is 23.7 Å². The number of hydrogen-bond acceptors (Lipinski definition) is 8. The van der Waals surface area contributed by atoms with Gasteiger partial charge < -0.3 is 19.9 Å². The molecule has 2 aliphatic rings. The fraction of sp³-hybridized carbons (Fsp3) is 0.280.